The summed E-state index contributed by atoms with van der Waals surface area (Å²) >= 11 is 0. The molecule has 0 amide bonds. The van der Waals surface area contributed by atoms with Crippen LogP contribution in [0.1, 0.15) is 81.4 Å². The Balaban J connectivity index is 1.46. The zero-order valence-electron chi connectivity index (χ0n) is 27.4. The summed E-state index contributed by atoms with van der Waals surface area (Å²) in [5, 5.41) is 4.65. The fraction of sp³-hybridized carbons (Fsp3) is 0.302. The molecular formula is C43H35N3O2. The molecule has 4 aliphatic rings. The van der Waals surface area contributed by atoms with E-state index in [4.69, 9.17) is 0 Å². The van der Waals surface area contributed by atoms with E-state index in [2.05, 4.69) is 94.6 Å². The zero-order chi connectivity index (χ0) is 32.0. The Bertz CT molecular complexity index is 2840. The molecule has 0 unspecified atom stereocenters. The summed E-state index contributed by atoms with van der Waals surface area (Å²) in [5.41, 5.74) is 10.6. The second-order valence-corrected chi connectivity index (χ2v) is 16.5. The van der Waals surface area contributed by atoms with Gasteiger partial charge in [-0.15, -0.1) is 0 Å². The third-order valence-corrected chi connectivity index (χ3v) is 12.9. The van der Waals surface area contributed by atoms with Gasteiger partial charge in [0.1, 0.15) is 11.3 Å². The van der Waals surface area contributed by atoms with Gasteiger partial charge in [-0.3, -0.25) is 22.8 Å². The van der Waals surface area contributed by atoms with Crippen LogP contribution in [-0.2, 0) is 5.41 Å². The fourth-order valence-electron chi connectivity index (χ4n) is 11.1. The Kier molecular flexibility index (Phi) is 4.46. The van der Waals surface area contributed by atoms with Crippen LogP contribution in [0, 0.1) is 11.8 Å². The highest BCUT2D eigenvalue weighted by Crippen LogP contribution is 2.57. The molecule has 0 atom stereocenters. The lowest BCUT2D eigenvalue weighted by Gasteiger charge is -2.38. The smallest absolute Gasteiger partial charge is 0.199 e. The standard InChI is InChI=1S/C43H35N3O2/c1-43(2,3)25-17-30-38-31(18-25)40(48)37-27-9-5-7-11-33(27)45-35-20-29-24-15-21-12-22(16-24)14-23(13-21)28(29)19-34(35)44-32-10-6-4-8-26(32)36(39(30)47)41(44)46(38)42(37)45/h4-11,17-24H,12-16H2,1-3H3. The van der Waals surface area contributed by atoms with E-state index in [1.54, 1.807) is 0 Å². The van der Waals surface area contributed by atoms with E-state index in [1.807, 2.05) is 12.1 Å². The van der Waals surface area contributed by atoms with E-state index >= 15 is 0 Å². The Morgan fingerprint density at radius 1 is 0.542 bits per heavy atom. The van der Waals surface area contributed by atoms with Gasteiger partial charge < -0.3 is 0 Å². The second-order valence-electron chi connectivity index (χ2n) is 16.5. The fourth-order valence-corrected chi connectivity index (χ4v) is 11.1. The predicted octanol–water partition coefficient (Wildman–Crippen LogP) is 9.50. The first-order chi connectivity index (χ1) is 23.3. The molecule has 0 saturated heterocycles. The molecule has 2 fully saturated rings. The molecule has 0 aliphatic heterocycles. The Hall–Kier alpha value is -4.90. The molecule has 9 aromatic rings. The largest absolute Gasteiger partial charge is 0.293 e. The first-order valence-corrected chi connectivity index (χ1v) is 17.8. The lowest BCUT2D eigenvalue weighted by atomic mass is 9.67. The lowest BCUT2D eigenvalue weighted by Crippen LogP contribution is -2.25. The predicted molar refractivity (Wildman–Crippen MR) is 196 cm³/mol. The molecule has 4 aliphatic carbocycles. The Labute approximate surface area is 275 Å². The first kappa shape index (κ1) is 26.1. The van der Waals surface area contributed by atoms with Crippen LogP contribution in [0.2, 0.25) is 0 Å². The number of hydrogen-bond acceptors (Lipinski definition) is 2. The molecule has 5 aromatic heterocycles. The van der Waals surface area contributed by atoms with E-state index in [1.165, 1.54) is 43.2 Å². The van der Waals surface area contributed by atoms with Gasteiger partial charge in [0.15, 0.2) is 10.9 Å². The molecule has 234 valence electrons. The van der Waals surface area contributed by atoms with Crippen molar-refractivity contribution < 1.29 is 0 Å². The summed E-state index contributed by atoms with van der Waals surface area (Å²) in [7, 11) is 0. The normalized spacial score (nSPS) is 22.6. The zero-order valence-corrected chi connectivity index (χ0v) is 27.4. The molecule has 2 saturated carbocycles. The van der Waals surface area contributed by atoms with Crippen LogP contribution in [-0.4, -0.2) is 13.2 Å². The molecule has 0 N–H and O–H groups in total. The molecule has 4 bridgehead atoms. The molecular weight excluding hydrogens is 590 g/mol. The van der Waals surface area contributed by atoms with Gasteiger partial charge in [0.05, 0.1) is 38.4 Å². The molecule has 4 aromatic carbocycles. The average Bonchev–Trinajstić information content (AvgIpc) is 3.50. The maximum Gasteiger partial charge on any atom is 0.199 e. The van der Waals surface area contributed by atoms with Crippen LogP contribution < -0.4 is 10.9 Å². The maximum atomic E-state index is 15.0. The molecule has 48 heavy (non-hydrogen) atoms. The SMILES string of the molecule is CC(C)(C)c1cc2c(=O)c3c4ccccc4n4c5cc6c(cc5n5c7ccccc7c7c(=O)c(c1)c2n(c34)c75)C1CC2CC(CC6C2)C1. The van der Waals surface area contributed by atoms with Gasteiger partial charge in [-0.1, -0.05) is 57.2 Å². The van der Waals surface area contributed by atoms with E-state index in [9.17, 15) is 9.59 Å². The van der Waals surface area contributed by atoms with Gasteiger partial charge in [-0.25, -0.2) is 0 Å². The van der Waals surface area contributed by atoms with E-state index in [0.717, 1.165) is 77.8 Å². The van der Waals surface area contributed by atoms with Crippen LogP contribution in [0.25, 0.3) is 71.2 Å². The summed E-state index contributed by atoms with van der Waals surface area (Å²) in [6, 6.07) is 26.0. The van der Waals surface area contributed by atoms with Crippen molar-refractivity contribution in [3.63, 3.8) is 0 Å². The van der Waals surface area contributed by atoms with Crippen molar-refractivity contribution in [2.24, 2.45) is 11.8 Å². The average molecular weight is 626 g/mol. The number of hydrogen-bond donors (Lipinski definition) is 0. The third kappa shape index (κ3) is 2.89. The topological polar surface area (TPSA) is 47.4 Å². The minimum Gasteiger partial charge on any atom is -0.293 e. The van der Waals surface area contributed by atoms with Gasteiger partial charge in [0.2, 0.25) is 0 Å². The van der Waals surface area contributed by atoms with Crippen molar-refractivity contribution in [3.05, 3.63) is 110 Å². The molecule has 0 radical (unpaired) electrons. The van der Waals surface area contributed by atoms with Crippen molar-refractivity contribution in [1.82, 2.24) is 13.2 Å². The van der Waals surface area contributed by atoms with Crippen molar-refractivity contribution >= 4 is 71.2 Å². The molecule has 5 heterocycles. The van der Waals surface area contributed by atoms with Crippen LogP contribution >= 0.6 is 0 Å². The number of benzene rings is 4. The summed E-state index contributed by atoms with van der Waals surface area (Å²) in [6.45, 7) is 6.46. The molecule has 0 spiro atoms. The van der Waals surface area contributed by atoms with E-state index < -0.39 is 0 Å². The first-order valence-electron chi connectivity index (χ1n) is 17.8. The highest BCUT2D eigenvalue weighted by Gasteiger charge is 2.42. The number of rotatable bonds is 0. The second kappa shape index (κ2) is 8.20. The third-order valence-electron chi connectivity index (χ3n) is 12.9. The van der Waals surface area contributed by atoms with E-state index in [0.29, 0.717) is 22.6 Å². The Morgan fingerprint density at radius 2 is 1.00 bits per heavy atom. The van der Waals surface area contributed by atoms with Crippen LogP contribution in [0.15, 0.2) is 82.4 Å². The van der Waals surface area contributed by atoms with Gasteiger partial charge in [-0.2, -0.15) is 0 Å². The van der Waals surface area contributed by atoms with Crippen molar-refractivity contribution in [2.45, 2.75) is 70.1 Å². The highest BCUT2D eigenvalue weighted by molar-refractivity contribution is 6.20. The number of pyridine rings is 2. The van der Waals surface area contributed by atoms with Gasteiger partial charge in [0, 0.05) is 21.5 Å². The molecule has 13 rings (SSSR count). The number of nitrogens with zero attached hydrogens (tertiary/aromatic N) is 3. The van der Waals surface area contributed by atoms with Gasteiger partial charge >= 0.3 is 0 Å². The van der Waals surface area contributed by atoms with Gasteiger partial charge in [0.25, 0.3) is 0 Å². The lowest BCUT2D eigenvalue weighted by molar-refractivity contribution is 0.166. The number of aromatic nitrogens is 3. The monoisotopic (exact) mass is 625 g/mol. The van der Waals surface area contributed by atoms with Crippen molar-refractivity contribution in [2.75, 3.05) is 0 Å². The summed E-state index contributed by atoms with van der Waals surface area (Å²) in [5.74, 6) is 2.80. The van der Waals surface area contributed by atoms with Gasteiger partial charge in [-0.05, 0) is 114 Å². The summed E-state index contributed by atoms with van der Waals surface area (Å²) in [4.78, 5) is 30.0. The highest BCUT2D eigenvalue weighted by atomic mass is 16.1. The number of para-hydroxylation sites is 2. The number of fused-ring (bicyclic) bond motifs is 9. The van der Waals surface area contributed by atoms with Crippen molar-refractivity contribution in [3.8, 4) is 0 Å². The minimum atomic E-state index is -0.236. The quantitative estimate of drug-likeness (QED) is 0.169. The van der Waals surface area contributed by atoms with Crippen LogP contribution in [0.4, 0.5) is 0 Å². The van der Waals surface area contributed by atoms with Crippen LogP contribution in [0.3, 0.4) is 0 Å². The summed E-state index contributed by atoms with van der Waals surface area (Å²) in [6.07, 6.45) is 6.55. The Morgan fingerprint density at radius 3 is 1.46 bits per heavy atom. The molecule has 5 nitrogen and oxygen atoms in total. The van der Waals surface area contributed by atoms with E-state index in [-0.39, 0.29) is 16.3 Å². The van der Waals surface area contributed by atoms with Crippen LogP contribution in [0.5, 0.6) is 0 Å². The minimum absolute atomic E-state index is 0.00613. The van der Waals surface area contributed by atoms with Crippen molar-refractivity contribution in [1.29, 1.82) is 0 Å². The maximum absolute atomic E-state index is 15.0. The molecule has 5 heteroatoms. The summed E-state index contributed by atoms with van der Waals surface area (Å²) < 4.78 is 7.05.